The molecule has 0 saturated carbocycles. The van der Waals surface area contributed by atoms with Crippen LogP contribution in [0.2, 0.25) is 0 Å². The van der Waals surface area contributed by atoms with E-state index in [1.165, 1.54) is 5.56 Å². The minimum atomic E-state index is -3.18. The Morgan fingerprint density at radius 1 is 1.33 bits per heavy atom. The van der Waals surface area contributed by atoms with Gasteiger partial charge in [-0.3, -0.25) is 4.99 Å². The molecule has 0 heterocycles. The monoisotopic (exact) mass is 312 g/mol. The standard InChI is InChI=1S/C14H24N4O2S/c1-4-11(2)12-5-7-13(8-6-12)18-14(15)16-9-10-17-21(3,19)20/h5-8,11,17H,4,9-10H2,1-3H3,(H3,15,16,18). The molecule has 1 unspecified atom stereocenters. The fourth-order valence-electron chi connectivity index (χ4n) is 1.73. The second-order valence-corrected chi connectivity index (χ2v) is 6.82. The molecule has 0 aliphatic heterocycles. The van der Waals surface area contributed by atoms with Gasteiger partial charge in [-0.2, -0.15) is 0 Å². The van der Waals surface area contributed by atoms with Crippen LogP contribution in [0.1, 0.15) is 31.7 Å². The van der Waals surface area contributed by atoms with Crippen LogP contribution in [-0.2, 0) is 10.0 Å². The average Bonchev–Trinajstić information content (AvgIpc) is 2.42. The summed E-state index contributed by atoms with van der Waals surface area (Å²) >= 11 is 0. The van der Waals surface area contributed by atoms with Crippen LogP contribution in [0, 0.1) is 0 Å². The Hall–Kier alpha value is -1.60. The predicted octanol–water partition coefficient (Wildman–Crippen LogP) is 1.48. The van der Waals surface area contributed by atoms with E-state index in [4.69, 9.17) is 5.73 Å². The molecular formula is C14H24N4O2S. The first-order valence-electron chi connectivity index (χ1n) is 6.93. The van der Waals surface area contributed by atoms with Crippen molar-refractivity contribution in [2.45, 2.75) is 26.2 Å². The molecule has 0 bridgehead atoms. The zero-order valence-corrected chi connectivity index (χ0v) is 13.6. The van der Waals surface area contributed by atoms with Gasteiger partial charge < -0.3 is 11.1 Å². The molecule has 118 valence electrons. The molecule has 0 spiro atoms. The van der Waals surface area contributed by atoms with E-state index < -0.39 is 10.0 Å². The Kier molecular flexibility index (Phi) is 6.64. The van der Waals surface area contributed by atoms with E-state index in [9.17, 15) is 8.42 Å². The van der Waals surface area contributed by atoms with Crippen LogP contribution >= 0.6 is 0 Å². The minimum Gasteiger partial charge on any atom is -0.370 e. The molecule has 0 saturated heterocycles. The normalized spacial score (nSPS) is 14.0. The van der Waals surface area contributed by atoms with Gasteiger partial charge in [0.1, 0.15) is 0 Å². The molecule has 6 nitrogen and oxygen atoms in total. The summed E-state index contributed by atoms with van der Waals surface area (Å²) in [5.74, 6) is 0.800. The summed E-state index contributed by atoms with van der Waals surface area (Å²) in [6.45, 7) is 4.87. The quantitative estimate of drug-likeness (QED) is 0.403. The maximum atomic E-state index is 10.9. The van der Waals surface area contributed by atoms with Crippen molar-refractivity contribution in [3.8, 4) is 0 Å². The highest BCUT2D eigenvalue weighted by atomic mass is 32.2. The van der Waals surface area contributed by atoms with Gasteiger partial charge in [0.15, 0.2) is 5.96 Å². The highest BCUT2D eigenvalue weighted by Gasteiger charge is 2.03. The van der Waals surface area contributed by atoms with Crippen molar-refractivity contribution in [3.63, 3.8) is 0 Å². The molecule has 0 aliphatic carbocycles. The lowest BCUT2D eigenvalue weighted by atomic mass is 9.99. The molecule has 1 aromatic rings. The molecule has 1 atom stereocenters. The summed E-state index contributed by atoms with van der Waals surface area (Å²) in [5.41, 5.74) is 7.89. The number of benzene rings is 1. The molecule has 7 heteroatoms. The van der Waals surface area contributed by atoms with Crippen molar-refractivity contribution in [2.75, 3.05) is 24.7 Å². The number of nitrogens with one attached hydrogen (secondary N) is 2. The second-order valence-electron chi connectivity index (χ2n) is 4.99. The van der Waals surface area contributed by atoms with E-state index >= 15 is 0 Å². The molecule has 1 aromatic carbocycles. The number of hydrogen-bond donors (Lipinski definition) is 3. The largest absolute Gasteiger partial charge is 0.370 e. The SMILES string of the molecule is CCC(C)c1ccc(NC(N)=NCCNS(C)(=O)=O)cc1. The summed E-state index contributed by atoms with van der Waals surface area (Å²) in [5, 5.41) is 2.97. The van der Waals surface area contributed by atoms with Gasteiger partial charge in [0.05, 0.1) is 12.8 Å². The molecule has 1 rings (SSSR count). The topological polar surface area (TPSA) is 96.6 Å². The number of aliphatic imine (C=N–C) groups is 1. The molecule has 4 N–H and O–H groups in total. The molecule has 0 fully saturated rings. The van der Waals surface area contributed by atoms with Crippen LogP contribution in [0.4, 0.5) is 5.69 Å². The second kappa shape index (κ2) is 7.99. The third-order valence-corrected chi connectivity index (χ3v) is 3.85. The molecule has 21 heavy (non-hydrogen) atoms. The van der Waals surface area contributed by atoms with Crippen molar-refractivity contribution in [1.29, 1.82) is 0 Å². The number of anilines is 1. The summed E-state index contributed by atoms with van der Waals surface area (Å²) in [7, 11) is -3.18. The van der Waals surface area contributed by atoms with Crippen molar-refractivity contribution in [1.82, 2.24) is 4.72 Å². The fourth-order valence-corrected chi connectivity index (χ4v) is 2.19. The van der Waals surface area contributed by atoms with Gasteiger partial charge in [0, 0.05) is 12.2 Å². The van der Waals surface area contributed by atoms with Crippen LogP contribution < -0.4 is 15.8 Å². The number of nitrogens with zero attached hydrogens (tertiary/aromatic N) is 1. The van der Waals surface area contributed by atoms with Crippen molar-refractivity contribution in [2.24, 2.45) is 10.7 Å². The van der Waals surface area contributed by atoms with Crippen LogP contribution in [0.5, 0.6) is 0 Å². The van der Waals surface area contributed by atoms with Crippen molar-refractivity contribution < 1.29 is 8.42 Å². The van der Waals surface area contributed by atoms with Gasteiger partial charge in [-0.15, -0.1) is 0 Å². The lowest BCUT2D eigenvalue weighted by molar-refractivity contribution is 0.588. The number of guanidine groups is 1. The van der Waals surface area contributed by atoms with E-state index in [1.807, 2.05) is 12.1 Å². The number of sulfonamides is 1. The Morgan fingerprint density at radius 3 is 2.48 bits per heavy atom. The average molecular weight is 312 g/mol. The Labute approximate surface area is 126 Å². The minimum absolute atomic E-state index is 0.230. The maximum Gasteiger partial charge on any atom is 0.208 e. The number of hydrogen-bond acceptors (Lipinski definition) is 3. The third kappa shape index (κ3) is 7.10. The maximum absolute atomic E-state index is 10.9. The van der Waals surface area contributed by atoms with Crippen LogP contribution in [0.3, 0.4) is 0 Å². The van der Waals surface area contributed by atoms with Gasteiger partial charge in [0.25, 0.3) is 0 Å². The molecule has 0 radical (unpaired) electrons. The molecule has 0 aromatic heterocycles. The van der Waals surface area contributed by atoms with Crippen LogP contribution in [0.15, 0.2) is 29.3 Å². The summed E-state index contributed by atoms with van der Waals surface area (Å²) in [6.07, 6.45) is 2.21. The first-order chi connectivity index (χ1) is 9.81. The Bertz CT molecular complexity index is 567. The summed E-state index contributed by atoms with van der Waals surface area (Å²) in [6, 6.07) is 8.04. The Morgan fingerprint density at radius 2 is 1.95 bits per heavy atom. The van der Waals surface area contributed by atoms with Gasteiger partial charge >= 0.3 is 0 Å². The van der Waals surface area contributed by atoms with Gasteiger partial charge in [-0.1, -0.05) is 26.0 Å². The molecular weight excluding hydrogens is 288 g/mol. The predicted molar refractivity (Wildman–Crippen MR) is 88.1 cm³/mol. The molecule has 0 amide bonds. The highest BCUT2D eigenvalue weighted by Crippen LogP contribution is 2.20. The highest BCUT2D eigenvalue weighted by molar-refractivity contribution is 7.88. The summed E-state index contributed by atoms with van der Waals surface area (Å²) in [4.78, 5) is 4.05. The zero-order chi connectivity index (χ0) is 15.9. The zero-order valence-electron chi connectivity index (χ0n) is 12.8. The smallest absolute Gasteiger partial charge is 0.208 e. The number of nitrogens with two attached hydrogens (primary N) is 1. The Balaban J connectivity index is 2.48. The number of rotatable bonds is 7. The van der Waals surface area contributed by atoms with Crippen LogP contribution in [-0.4, -0.2) is 33.7 Å². The fraction of sp³-hybridized carbons (Fsp3) is 0.500. The van der Waals surface area contributed by atoms with Crippen LogP contribution in [0.25, 0.3) is 0 Å². The van der Waals surface area contributed by atoms with Crippen molar-refractivity contribution in [3.05, 3.63) is 29.8 Å². The first-order valence-corrected chi connectivity index (χ1v) is 8.82. The lowest BCUT2D eigenvalue weighted by Crippen LogP contribution is -2.27. The summed E-state index contributed by atoms with van der Waals surface area (Å²) < 4.78 is 24.1. The molecule has 0 aliphatic rings. The first kappa shape index (κ1) is 17.5. The van der Waals surface area contributed by atoms with Crippen molar-refractivity contribution >= 4 is 21.7 Å². The van der Waals surface area contributed by atoms with E-state index in [2.05, 4.69) is 41.0 Å². The van der Waals surface area contributed by atoms with E-state index in [-0.39, 0.29) is 19.0 Å². The van der Waals surface area contributed by atoms with E-state index in [1.54, 1.807) is 0 Å². The van der Waals surface area contributed by atoms with Gasteiger partial charge in [-0.25, -0.2) is 13.1 Å². The lowest BCUT2D eigenvalue weighted by Gasteiger charge is -2.10. The van der Waals surface area contributed by atoms with Gasteiger partial charge in [0.2, 0.25) is 10.0 Å². The van der Waals surface area contributed by atoms with Gasteiger partial charge in [-0.05, 0) is 30.0 Å². The van der Waals surface area contributed by atoms with E-state index in [0.29, 0.717) is 5.92 Å². The van der Waals surface area contributed by atoms with E-state index in [0.717, 1.165) is 18.4 Å². The third-order valence-electron chi connectivity index (χ3n) is 3.12.